The molecule has 0 aliphatic heterocycles. The number of rotatable bonds is 5. The quantitative estimate of drug-likeness (QED) is 0.282. The number of aliphatic hydroxyl groups is 2. The number of halogens is 3. The molecular formula is C20H16F3N5O5. The SMILES string of the molecule is CCOc1cc(-c2cc(O)cc(C(O)(O)C(F)(F)F)c2)ccc1-c1nc2[nH]nnc2c(=O)[nH]1. The molecule has 0 fully saturated rings. The topological polar surface area (TPSA) is 157 Å². The number of H-pyrrole nitrogens is 2. The van der Waals surface area contributed by atoms with Crippen LogP contribution in [0.3, 0.4) is 0 Å². The van der Waals surface area contributed by atoms with Gasteiger partial charge in [-0.25, -0.2) is 10.1 Å². The Kier molecular flexibility index (Phi) is 5.30. The molecule has 13 heteroatoms. The molecular weight excluding hydrogens is 447 g/mol. The third-order valence-electron chi connectivity index (χ3n) is 4.79. The molecule has 2 aromatic heterocycles. The average molecular weight is 463 g/mol. The van der Waals surface area contributed by atoms with Crippen LogP contribution >= 0.6 is 0 Å². The molecule has 0 unspecified atom stereocenters. The zero-order chi connectivity index (χ0) is 24.0. The number of aromatic nitrogens is 5. The second-order valence-corrected chi connectivity index (χ2v) is 7.01. The summed E-state index contributed by atoms with van der Waals surface area (Å²) < 4.78 is 44.8. The van der Waals surface area contributed by atoms with Crippen LogP contribution < -0.4 is 10.3 Å². The first-order chi connectivity index (χ1) is 15.5. The lowest BCUT2D eigenvalue weighted by Gasteiger charge is -2.25. The number of nitrogens with zero attached hydrogens (tertiary/aromatic N) is 3. The molecule has 0 radical (unpaired) electrons. The van der Waals surface area contributed by atoms with Crippen molar-refractivity contribution in [2.45, 2.75) is 18.9 Å². The maximum Gasteiger partial charge on any atom is 0.447 e. The molecule has 0 saturated heterocycles. The van der Waals surface area contributed by atoms with Crippen LogP contribution in [0.25, 0.3) is 33.7 Å². The standard InChI is InChI=1S/C20H16F3N5O5/c1-2-33-14-7-9(10-5-11(8-12(29)6-10)19(31,32)20(21,22)23)3-4-13(14)16-24-17-15(18(30)25-16)26-28-27-17/h3-8,29,31-32H,2H2,1H3,(H2,24,25,26,27,28,30). The maximum absolute atomic E-state index is 13.1. The van der Waals surface area contributed by atoms with Crippen LogP contribution in [0.5, 0.6) is 11.5 Å². The molecule has 0 aliphatic carbocycles. The second-order valence-electron chi connectivity index (χ2n) is 7.01. The molecule has 0 atom stereocenters. The molecule has 2 aromatic carbocycles. The van der Waals surface area contributed by atoms with Gasteiger partial charge in [0.05, 0.1) is 12.2 Å². The number of hydrogen-bond acceptors (Lipinski definition) is 8. The fourth-order valence-electron chi connectivity index (χ4n) is 3.20. The van der Waals surface area contributed by atoms with Crippen molar-refractivity contribution in [3.8, 4) is 34.0 Å². The van der Waals surface area contributed by atoms with E-state index in [1.165, 1.54) is 18.2 Å². The third-order valence-corrected chi connectivity index (χ3v) is 4.79. The first-order valence-corrected chi connectivity index (χ1v) is 9.46. The van der Waals surface area contributed by atoms with Gasteiger partial charge < -0.3 is 25.0 Å². The lowest BCUT2D eigenvalue weighted by atomic mass is 9.96. The summed E-state index contributed by atoms with van der Waals surface area (Å²) in [7, 11) is 0. The van der Waals surface area contributed by atoms with E-state index in [0.29, 0.717) is 17.2 Å². The van der Waals surface area contributed by atoms with Crippen molar-refractivity contribution in [1.82, 2.24) is 25.4 Å². The van der Waals surface area contributed by atoms with Crippen molar-refractivity contribution in [3.63, 3.8) is 0 Å². The summed E-state index contributed by atoms with van der Waals surface area (Å²) in [6.07, 6.45) is -5.39. The Bertz CT molecular complexity index is 1400. The normalized spacial score (nSPS) is 12.3. The van der Waals surface area contributed by atoms with E-state index >= 15 is 0 Å². The van der Waals surface area contributed by atoms with Gasteiger partial charge in [0.1, 0.15) is 17.3 Å². The largest absolute Gasteiger partial charge is 0.508 e. The van der Waals surface area contributed by atoms with Gasteiger partial charge in [0.25, 0.3) is 11.3 Å². The van der Waals surface area contributed by atoms with Crippen molar-refractivity contribution in [2.24, 2.45) is 0 Å². The molecule has 0 amide bonds. The second kappa shape index (κ2) is 7.86. The molecule has 0 bridgehead atoms. The minimum absolute atomic E-state index is 0.0155. The molecule has 4 aromatic rings. The van der Waals surface area contributed by atoms with Gasteiger partial charge in [-0.2, -0.15) is 13.2 Å². The maximum atomic E-state index is 13.1. The zero-order valence-corrected chi connectivity index (χ0v) is 16.8. The van der Waals surface area contributed by atoms with Gasteiger partial charge in [0.15, 0.2) is 11.2 Å². The van der Waals surface area contributed by atoms with Gasteiger partial charge in [0.2, 0.25) is 0 Å². The van der Waals surface area contributed by atoms with E-state index in [2.05, 4.69) is 25.4 Å². The predicted octanol–water partition coefficient (Wildman–Crippen LogP) is 2.18. The molecule has 10 nitrogen and oxygen atoms in total. The molecule has 172 valence electrons. The first-order valence-electron chi connectivity index (χ1n) is 9.46. The van der Waals surface area contributed by atoms with Crippen molar-refractivity contribution < 1.29 is 33.2 Å². The molecule has 0 aliphatic rings. The van der Waals surface area contributed by atoms with Crippen LogP contribution in [0.1, 0.15) is 12.5 Å². The smallest absolute Gasteiger partial charge is 0.447 e. The minimum atomic E-state index is -5.39. The Labute approximate surface area is 182 Å². The predicted molar refractivity (Wildman–Crippen MR) is 108 cm³/mol. The Morgan fingerprint density at radius 3 is 2.55 bits per heavy atom. The molecule has 5 N–H and O–H groups in total. The van der Waals surface area contributed by atoms with E-state index in [1.54, 1.807) is 6.92 Å². The minimum Gasteiger partial charge on any atom is -0.508 e. The number of ether oxygens (including phenoxy) is 1. The number of nitrogens with one attached hydrogen (secondary N) is 2. The number of aromatic amines is 2. The third kappa shape index (κ3) is 3.99. The first kappa shape index (κ1) is 22.2. The summed E-state index contributed by atoms with van der Waals surface area (Å²) in [6.45, 7) is 1.92. The number of benzene rings is 2. The number of alkyl halides is 3. The zero-order valence-electron chi connectivity index (χ0n) is 16.8. The van der Waals surface area contributed by atoms with Gasteiger partial charge in [-0.3, -0.25) is 4.79 Å². The van der Waals surface area contributed by atoms with Crippen molar-refractivity contribution in [3.05, 3.63) is 52.3 Å². The summed E-state index contributed by atoms with van der Waals surface area (Å²) in [5.74, 6) is -4.42. The lowest BCUT2D eigenvalue weighted by Crippen LogP contribution is -2.42. The molecule has 33 heavy (non-hydrogen) atoms. The summed E-state index contributed by atoms with van der Waals surface area (Å²) in [4.78, 5) is 19.0. The Morgan fingerprint density at radius 2 is 1.85 bits per heavy atom. The molecule has 4 rings (SSSR count). The molecule has 2 heterocycles. The van der Waals surface area contributed by atoms with Crippen LogP contribution in [0.4, 0.5) is 13.2 Å². The lowest BCUT2D eigenvalue weighted by molar-refractivity contribution is -0.358. The van der Waals surface area contributed by atoms with E-state index in [1.807, 2.05) is 0 Å². The highest BCUT2D eigenvalue weighted by Gasteiger charge is 2.54. The van der Waals surface area contributed by atoms with E-state index in [0.717, 1.165) is 12.1 Å². The van der Waals surface area contributed by atoms with Crippen molar-refractivity contribution in [1.29, 1.82) is 0 Å². The van der Waals surface area contributed by atoms with Crippen LogP contribution in [-0.4, -0.2) is 53.5 Å². The monoisotopic (exact) mass is 463 g/mol. The van der Waals surface area contributed by atoms with E-state index in [-0.39, 0.29) is 34.9 Å². The van der Waals surface area contributed by atoms with Crippen molar-refractivity contribution >= 4 is 11.2 Å². The number of aromatic hydroxyl groups is 1. The number of phenolic OH excluding ortho intramolecular Hbond substituents is 1. The van der Waals surface area contributed by atoms with Gasteiger partial charge in [0, 0.05) is 5.56 Å². The highest BCUT2D eigenvalue weighted by Crippen LogP contribution is 2.40. The Morgan fingerprint density at radius 1 is 1.09 bits per heavy atom. The van der Waals surface area contributed by atoms with E-state index < -0.39 is 28.8 Å². The molecule has 0 spiro atoms. The number of fused-ring (bicyclic) bond motifs is 1. The van der Waals surface area contributed by atoms with Crippen LogP contribution in [0.2, 0.25) is 0 Å². The fraction of sp³-hybridized carbons (Fsp3) is 0.200. The average Bonchev–Trinajstić information content (AvgIpc) is 3.22. The Hall–Kier alpha value is -3.97. The van der Waals surface area contributed by atoms with Crippen molar-refractivity contribution in [2.75, 3.05) is 6.61 Å². The van der Waals surface area contributed by atoms with Crippen LogP contribution in [0, 0.1) is 0 Å². The van der Waals surface area contributed by atoms with Crippen LogP contribution in [0.15, 0.2) is 41.2 Å². The van der Waals surface area contributed by atoms with Gasteiger partial charge in [-0.15, -0.1) is 5.10 Å². The highest BCUT2D eigenvalue weighted by atomic mass is 19.4. The fourth-order valence-corrected chi connectivity index (χ4v) is 3.20. The Balaban J connectivity index is 1.84. The summed E-state index contributed by atoms with van der Waals surface area (Å²) in [6, 6.07) is 7.10. The van der Waals surface area contributed by atoms with Crippen LogP contribution in [-0.2, 0) is 5.79 Å². The van der Waals surface area contributed by atoms with Gasteiger partial charge in [-0.05, 0) is 48.4 Å². The van der Waals surface area contributed by atoms with Gasteiger partial charge in [-0.1, -0.05) is 11.3 Å². The summed E-state index contributed by atoms with van der Waals surface area (Å²) in [5, 5.41) is 38.7. The van der Waals surface area contributed by atoms with Gasteiger partial charge >= 0.3 is 6.18 Å². The molecule has 0 saturated carbocycles. The van der Waals surface area contributed by atoms with E-state index in [4.69, 9.17) is 4.74 Å². The number of phenols is 1. The summed E-state index contributed by atoms with van der Waals surface area (Å²) >= 11 is 0. The highest BCUT2D eigenvalue weighted by molar-refractivity contribution is 5.77. The number of hydrogen-bond donors (Lipinski definition) is 5. The summed E-state index contributed by atoms with van der Waals surface area (Å²) in [5.41, 5.74) is -0.622. The van der Waals surface area contributed by atoms with E-state index in [9.17, 15) is 33.3 Å².